The Morgan fingerprint density at radius 2 is 1.91 bits per heavy atom. The number of halogens is 3. The number of nitrogens with two attached hydrogens (primary N) is 1. The highest BCUT2D eigenvalue weighted by Gasteiger charge is 2.35. The molecule has 7 nitrogen and oxygen atoms in total. The number of nitrogens with zero attached hydrogens (tertiary/aromatic N) is 3. The van der Waals surface area contributed by atoms with Gasteiger partial charge in [0.25, 0.3) is 0 Å². The summed E-state index contributed by atoms with van der Waals surface area (Å²) in [5, 5.41) is 2.38. The maximum Gasteiger partial charge on any atom is 0.322 e. The van der Waals surface area contributed by atoms with Crippen LogP contribution in [0.3, 0.4) is 0 Å². The van der Waals surface area contributed by atoms with Gasteiger partial charge in [-0.15, -0.1) is 0 Å². The first-order valence-electron chi connectivity index (χ1n) is 9.88. The summed E-state index contributed by atoms with van der Waals surface area (Å²) in [5.74, 6) is -4.60. The number of urea groups is 1. The first-order chi connectivity index (χ1) is 15.3. The van der Waals surface area contributed by atoms with Crippen molar-refractivity contribution in [2.75, 3.05) is 23.3 Å². The van der Waals surface area contributed by atoms with Crippen molar-refractivity contribution in [3.05, 3.63) is 71.3 Å². The fourth-order valence-electron chi connectivity index (χ4n) is 3.78. The van der Waals surface area contributed by atoms with Crippen LogP contribution in [0, 0.1) is 17.5 Å². The number of aliphatic imine (C=N–C) groups is 1. The summed E-state index contributed by atoms with van der Waals surface area (Å²) in [6.07, 6.45) is 1.50. The summed E-state index contributed by atoms with van der Waals surface area (Å²) in [5.41, 5.74) is 7.97. The first-order valence-corrected chi connectivity index (χ1v) is 9.88. The van der Waals surface area contributed by atoms with Crippen molar-refractivity contribution in [2.24, 2.45) is 10.7 Å². The maximum absolute atomic E-state index is 13.5. The molecule has 0 bridgehead atoms. The summed E-state index contributed by atoms with van der Waals surface area (Å²) in [6, 6.07) is 7.72. The number of rotatable bonds is 3. The van der Waals surface area contributed by atoms with Crippen LogP contribution < -0.4 is 16.0 Å². The average Bonchev–Trinajstić information content (AvgIpc) is 3.09. The second-order valence-corrected chi connectivity index (χ2v) is 7.53. The van der Waals surface area contributed by atoms with Crippen LogP contribution in [0.4, 0.5) is 29.3 Å². The smallest absolute Gasteiger partial charge is 0.322 e. The molecule has 166 valence electrons. The Hall–Kier alpha value is -3.82. The third-order valence-electron chi connectivity index (χ3n) is 5.41. The number of carbonyl (C=O) groups excluding carboxylic acids is 2. The van der Waals surface area contributed by atoms with E-state index in [4.69, 9.17) is 5.73 Å². The number of carbonyl (C=O) groups is 2. The number of hydrogen-bond donors (Lipinski definition) is 2. The molecular formula is C22H20F3N5O2. The van der Waals surface area contributed by atoms with E-state index in [0.717, 1.165) is 5.56 Å². The second-order valence-electron chi connectivity index (χ2n) is 7.53. The van der Waals surface area contributed by atoms with E-state index in [1.807, 2.05) is 18.2 Å². The fourth-order valence-corrected chi connectivity index (χ4v) is 3.78. The minimum atomic E-state index is -1.61. The van der Waals surface area contributed by atoms with Crippen molar-refractivity contribution in [3.8, 4) is 0 Å². The van der Waals surface area contributed by atoms with Gasteiger partial charge in [0.15, 0.2) is 17.5 Å². The maximum atomic E-state index is 13.5. The van der Waals surface area contributed by atoms with Gasteiger partial charge in [0.05, 0.1) is 42.6 Å². The zero-order chi connectivity index (χ0) is 23.0. The molecule has 2 heterocycles. The Morgan fingerprint density at radius 3 is 2.59 bits per heavy atom. The van der Waals surface area contributed by atoms with E-state index in [-0.39, 0.29) is 37.1 Å². The lowest BCUT2D eigenvalue weighted by molar-refractivity contribution is -0.116. The zero-order valence-electron chi connectivity index (χ0n) is 17.1. The first kappa shape index (κ1) is 21.4. The molecule has 4 rings (SSSR count). The lowest BCUT2D eigenvalue weighted by Crippen LogP contribution is -2.50. The monoisotopic (exact) mass is 443 g/mol. The Kier molecular flexibility index (Phi) is 5.60. The van der Waals surface area contributed by atoms with E-state index >= 15 is 0 Å². The largest absolute Gasteiger partial charge is 0.403 e. The summed E-state index contributed by atoms with van der Waals surface area (Å²) >= 11 is 0. The number of amides is 3. The molecule has 0 saturated heterocycles. The average molecular weight is 443 g/mol. The lowest BCUT2D eigenvalue weighted by atomic mass is 10.1. The van der Waals surface area contributed by atoms with Crippen LogP contribution in [-0.4, -0.2) is 41.7 Å². The van der Waals surface area contributed by atoms with Gasteiger partial charge in [-0.25, -0.2) is 18.0 Å². The predicted molar refractivity (Wildman–Crippen MR) is 114 cm³/mol. The standard InChI is InChI=1S/C22H20F3N5O2/c1-12-10-27-17(19(9-26)30-18-5-3-2-4-13(18)6-20(30)31)11-29(12)22(32)28-14-7-15(23)21(25)16(24)8-14/h2-5,7-9,12H,6,10-11,26H2,1H3,(H,28,32)/t12-/m0/s1. The lowest BCUT2D eigenvalue weighted by Gasteiger charge is -2.34. The number of anilines is 2. The number of fused-ring (bicyclic) bond motifs is 1. The van der Waals surface area contributed by atoms with Gasteiger partial charge in [-0.05, 0) is 18.6 Å². The Balaban J connectivity index is 1.56. The third kappa shape index (κ3) is 3.79. The summed E-state index contributed by atoms with van der Waals surface area (Å²) in [7, 11) is 0. The van der Waals surface area contributed by atoms with Crippen LogP contribution in [0.15, 0.2) is 53.3 Å². The van der Waals surface area contributed by atoms with Gasteiger partial charge in [-0.3, -0.25) is 14.7 Å². The van der Waals surface area contributed by atoms with Gasteiger partial charge in [-0.1, -0.05) is 18.2 Å². The van der Waals surface area contributed by atoms with Gasteiger partial charge in [0.1, 0.15) is 0 Å². The molecule has 0 unspecified atom stereocenters. The zero-order valence-corrected chi connectivity index (χ0v) is 17.1. The van der Waals surface area contributed by atoms with Crippen LogP contribution in [0.5, 0.6) is 0 Å². The number of para-hydroxylation sites is 1. The van der Waals surface area contributed by atoms with Gasteiger partial charge in [0, 0.05) is 24.0 Å². The van der Waals surface area contributed by atoms with E-state index < -0.39 is 23.5 Å². The third-order valence-corrected chi connectivity index (χ3v) is 5.41. The van der Waals surface area contributed by atoms with E-state index in [1.54, 1.807) is 13.0 Å². The van der Waals surface area contributed by atoms with E-state index in [1.165, 1.54) is 16.0 Å². The molecule has 10 heteroatoms. The molecule has 3 amide bonds. The molecule has 2 aliphatic rings. The van der Waals surface area contributed by atoms with Crippen LogP contribution in [0.25, 0.3) is 0 Å². The van der Waals surface area contributed by atoms with Crippen LogP contribution in [0.2, 0.25) is 0 Å². The molecule has 2 aromatic rings. The molecule has 0 aliphatic carbocycles. The Labute approximate surface area is 182 Å². The van der Waals surface area contributed by atoms with E-state index in [9.17, 15) is 22.8 Å². The number of benzene rings is 2. The quantitative estimate of drug-likeness (QED) is 0.714. The highest BCUT2D eigenvalue weighted by molar-refractivity contribution is 6.16. The topological polar surface area (TPSA) is 91.0 Å². The number of nitrogens with one attached hydrogen (secondary N) is 1. The normalized spacial score (nSPS) is 18.5. The molecule has 2 aromatic carbocycles. The minimum Gasteiger partial charge on any atom is -0.403 e. The summed E-state index contributed by atoms with van der Waals surface area (Å²) in [6.45, 7) is 2.00. The molecule has 32 heavy (non-hydrogen) atoms. The second kappa shape index (κ2) is 8.37. The highest BCUT2D eigenvalue weighted by atomic mass is 19.2. The molecule has 3 N–H and O–H groups in total. The van der Waals surface area contributed by atoms with Gasteiger partial charge in [-0.2, -0.15) is 0 Å². The van der Waals surface area contributed by atoms with Crippen LogP contribution in [0.1, 0.15) is 12.5 Å². The predicted octanol–water partition coefficient (Wildman–Crippen LogP) is 3.17. The van der Waals surface area contributed by atoms with Crippen molar-refractivity contribution in [3.63, 3.8) is 0 Å². The summed E-state index contributed by atoms with van der Waals surface area (Å²) < 4.78 is 40.2. The fraction of sp³-hybridized carbons (Fsp3) is 0.227. The molecule has 1 atom stereocenters. The van der Waals surface area contributed by atoms with Crippen LogP contribution in [-0.2, 0) is 11.2 Å². The van der Waals surface area contributed by atoms with Crippen molar-refractivity contribution in [1.82, 2.24) is 4.90 Å². The van der Waals surface area contributed by atoms with E-state index in [0.29, 0.717) is 29.2 Å². The van der Waals surface area contributed by atoms with Crippen molar-refractivity contribution in [2.45, 2.75) is 19.4 Å². The Morgan fingerprint density at radius 1 is 1.22 bits per heavy atom. The molecule has 0 aromatic heterocycles. The van der Waals surface area contributed by atoms with Crippen molar-refractivity contribution < 1.29 is 22.8 Å². The van der Waals surface area contributed by atoms with E-state index in [2.05, 4.69) is 10.3 Å². The summed E-state index contributed by atoms with van der Waals surface area (Å²) in [4.78, 5) is 32.9. The highest BCUT2D eigenvalue weighted by Crippen LogP contribution is 2.32. The number of hydrogen-bond acceptors (Lipinski definition) is 4. The van der Waals surface area contributed by atoms with Gasteiger partial charge < -0.3 is 16.0 Å². The van der Waals surface area contributed by atoms with Gasteiger partial charge in [0.2, 0.25) is 5.91 Å². The molecule has 0 saturated carbocycles. The SMILES string of the molecule is C[C@H]1CN=C(C(=CN)N2C(=O)Cc3ccccc32)CN1C(=O)Nc1cc(F)c(F)c(F)c1. The molecule has 2 aliphatic heterocycles. The van der Waals surface area contributed by atoms with Crippen LogP contribution >= 0.6 is 0 Å². The van der Waals surface area contributed by atoms with Crippen molar-refractivity contribution >= 4 is 29.0 Å². The molecule has 0 radical (unpaired) electrons. The Bertz CT molecular complexity index is 1140. The molecular weight excluding hydrogens is 423 g/mol. The molecule has 0 spiro atoms. The molecule has 0 fully saturated rings. The van der Waals surface area contributed by atoms with Crippen molar-refractivity contribution in [1.29, 1.82) is 0 Å². The van der Waals surface area contributed by atoms with Gasteiger partial charge >= 0.3 is 6.03 Å². The minimum absolute atomic E-state index is 0.00807.